The van der Waals surface area contributed by atoms with E-state index in [2.05, 4.69) is 10.9 Å². The Kier molecular flexibility index (Phi) is 6.47. The summed E-state index contributed by atoms with van der Waals surface area (Å²) in [5.41, 5.74) is 4.51. The highest BCUT2D eigenvalue weighted by atomic mass is 32.1. The predicted molar refractivity (Wildman–Crippen MR) is 81.0 cm³/mol. The lowest BCUT2D eigenvalue weighted by atomic mass is 10.1. The van der Waals surface area contributed by atoms with Gasteiger partial charge in [-0.15, -0.1) is 11.3 Å². The molecule has 1 atom stereocenters. The third-order valence-electron chi connectivity index (χ3n) is 3.09. The molecule has 2 amide bonds. The van der Waals surface area contributed by atoms with Crippen LogP contribution < -0.4 is 15.6 Å². The van der Waals surface area contributed by atoms with Crippen molar-refractivity contribution in [2.75, 3.05) is 19.8 Å². The van der Waals surface area contributed by atoms with E-state index in [1.807, 2.05) is 6.92 Å². The first-order chi connectivity index (χ1) is 10.7. The molecule has 2 heterocycles. The molecule has 122 valence electrons. The van der Waals surface area contributed by atoms with Gasteiger partial charge < -0.3 is 14.2 Å². The van der Waals surface area contributed by atoms with Gasteiger partial charge in [0.15, 0.2) is 0 Å². The lowest BCUT2D eigenvalue weighted by Crippen LogP contribution is -2.42. The summed E-state index contributed by atoms with van der Waals surface area (Å²) < 4.78 is 15.8. The van der Waals surface area contributed by atoms with Crippen LogP contribution in [0.3, 0.4) is 0 Å². The van der Waals surface area contributed by atoms with Crippen molar-refractivity contribution >= 4 is 23.3 Å². The fourth-order valence-electron chi connectivity index (χ4n) is 2.04. The lowest BCUT2D eigenvalue weighted by Gasteiger charge is -2.22. The summed E-state index contributed by atoms with van der Waals surface area (Å²) >= 11 is 1.24. The Morgan fingerprint density at radius 3 is 3.00 bits per heavy atom. The zero-order valence-corrected chi connectivity index (χ0v) is 13.2. The minimum atomic E-state index is -0.711. The Morgan fingerprint density at radius 2 is 2.27 bits per heavy atom. The van der Waals surface area contributed by atoms with E-state index in [4.69, 9.17) is 14.2 Å². The largest absolute Gasteiger partial charge is 0.492 e. The summed E-state index contributed by atoms with van der Waals surface area (Å²) in [6.07, 6.45) is 2.23. The molecule has 22 heavy (non-hydrogen) atoms. The Morgan fingerprint density at radius 1 is 1.41 bits per heavy atom. The molecule has 1 aliphatic rings. The molecule has 0 aromatic carbocycles. The fourth-order valence-corrected chi connectivity index (χ4v) is 2.77. The van der Waals surface area contributed by atoms with E-state index >= 15 is 0 Å². The van der Waals surface area contributed by atoms with Gasteiger partial charge in [-0.25, -0.2) is 10.2 Å². The van der Waals surface area contributed by atoms with E-state index in [1.54, 1.807) is 11.4 Å². The smallest absolute Gasteiger partial charge is 0.426 e. The van der Waals surface area contributed by atoms with Gasteiger partial charge in [0.25, 0.3) is 5.91 Å². The second kappa shape index (κ2) is 8.60. The van der Waals surface area contributed by atoms with Gasteiger partial charge in [0, 0.05) is 6.61 Å². The number of nitrogens with one attached hydrogen (secondary N) is 2. The molecule has 0 radical (unpaired) electrons. The fraction of sp³-hybridized carbons (Fsp3) is 0.571. The van der Waals surface area contributed by atoms with Crippen molar-refractivity contribution in [1.82, 2.24) is 10.9 Å². The summed E-state index contributed by atoms with van der Waals surface area (Å²) in [7, 11) is 0. The molecule has 1 aliphatic heterocycles. The van der Waals surface area contributed by atoms with Crippen LogP contribution in [-0.4, -0.2) is 37.9 Å². The van der Waals surface area contributed by atoms with Gasteiger partial charge in [-0.1, -0.05) is 0 Å². The van der Waals surface area contributed by atoms with Gasteiger partial charge in [-0.05, 0) is 37.6 Å². The number of hydrazine groups is 1. The maximum absolute atomic E-state index is 11.9. The standard InChI is InChI=1S/C14H20N2O5S/c1-2-19-11-6-8-22-12(11)13(17)15-16-14(18)21-9-10-5-3-4-7-20-10/h6,8,10H,2-5,7,9H2,1H3,(H,15,17)(H,16,18). The van der Waals surface area contributed by atoms with Crippen LogP contribution >= 0.6 is 11.3 Å². The first-order valence-electron chi connectivity index (χ1n) is 7.25. The van der Waals surface area contributed by atoms with Gasteiger partial charge in [0.2, 0.25) is 0 Å². The van der Waals surface area contributed by atoms with Gasteiger partial charge in [0.1, 0.15) is 17.2 Å². The summed E-state index contributed by atoms with van der Waals surface area (Å²) in [5, 5.41) is 1.75. The molecule has 1 fully saturated rings. The normalized spacial score (nSPS) is 17.6. The maximum atomic E-state index is 11.9. The molecule has 0 spiro atoms. The van der Waals surface area contributed by atoms with Crippen molar-refractivity contribution < 1.29 is 23.8 Å². The molecule has 8 heteroatoms. The van der Waals surface area contributed by atoms with Crippen molar-refractivity contribution in [1.29, 1.82) is 0 Å². The van der Waals surface area contributed by atoms with Crippen molar-refractivity contribution in [3.63, 3.8) is 0 Å². The summed E-state index contributed by atoms with van der Waals surface area (Å²) in [6, 6.07) is 1.71. The number of hydrogen-bond donors (Lipinski definition) is 2. The van der Waals surface area contributed by atoms with E-state index in [1.165, 1.54) is 11.3 Å². The van der Waals surface area contributed by atoms with Crippen LogP contribution in [0.4, 0.5) is 4.79 Å². The van der Waals surface area contributed by atoms with Crippen LogP contribution in [0.25, 0.3) is 0 Å². The number of amides is 2. The average Bonchev–Trinajstić information content (AvgIpc) is 3.00. The topological polar surface area (TPSA) is 85.9 Å². The minimum Gasteiger partial charge on any atom is -0.492 e. The number of rotatable bonds is 5. The Hall–Kier alpha value is -1.80. The number of hydrogen-bond acceptors (Lipinski definition) is 6. The molecular formula is C14H20N2O5S. The maximum Gasteiger partial charge on any atom is 0.426 e. The van der Waals surface area contributed by atoms with Crippen molar-refractivity contribution in [2.45, 2.75) is 32.3 Å². The minimum absolute atomic E-state index is 0.0583. The highest BCUT2D eigenvalue weighted by molar-refractivity contribution is 7.12. The van der Waals surface area contributed by atoms with Gasteiger partial charge >= 0.3 is 6.09 Å². The van der Waals surface area contributed by atoms with Gasteiger partial charge in [-0.2, -0.15) is 0 Å². The average molecular weight is 328 g/mol. The highest BCUT2D eigenvalue weighted by Gasteiger charge is 2.17. The van der Waals surface area contributed by atoms with Crippen LogP contribution in [0.2, 0.25) is 0 Å². The van der Waals surface area contributed by atoms with Crippen molar-refractivity contribution in [3.05, 3.63) is 16.3 Å². The quantitative estimate of drug-likeness (QED) is 0.808. The first-order valence-corrected chi connectivity index (χ1v) is 8.13. The van der Waals surface area contributed by atoms with Crippen LogP contribution in [0.15, 0.2) is 11.4 Å². The second-order valence-corrected chi connectivity index (χ2v) is 5.63. The van der Waals surface area contributed by atoms with Crippen molar-refractivity contribution in [2.24, 2.45) is 0 Å². The predicted octanol–water partition coefficient (Wildman–Crippen LogP) is 2.09. The molecule has 1 aromatic heterocycles. The summed E-state index contributed by atoms with van der Waals surface area (Å²) in [5.74, 6) is 0.0556. The third kappa shape index (κ3) is 4.88. The molecule has 2 N–H and O–H groups in total. The van der Waals surface area contributed by atoms with Gasteiger partial charge in [-0.3, -0.25) is 10.2 Å². The number of carbonyl (C=O) groups excluding carboxylic acids is 2. The molecule has 0 aliphatic carbocycles. The highest BCUT2D eigenvalue weighted by Crippen LogP contribution is 2.24. The van der Waals surface area contributed by atoms with Crippen LogP contribution in [0.1, 0.15) is 35.9 Å². The second-order valence-electron chi connectivity index (χ2n) is 4.71. The zero-order valence-electron chi connectivity index (χ0n) is 12.4. The van der Waals surface area contributed by atoms with E-state index in [0.29, 0.717) is 23.8 Å². The molecule has 2 rings (SSSR count). The Bertz CT molecular complexity index is 499. The molecule has 7 nitrogen and oxygen atoms in total. The zero-order chi connectivity index (χ0) is 15.8. The molecule has 1 saturated heterocycles. The third-order valence-corrected chi connectivity index (χ3v) is 3.98. The van der Waals surface area contributed by atoms with Crippen LogP contribution in [0.5, 0.6) is 5.75 Å². The molecule has 1 aromatic rings. The van der Waals surface area contributed by atoms with E-state index in [9.17, 15) is 9.59 Å². The van der Waals surface area contributed by atoms with E-state index in [0.717, 1.165) is 19.3 Å². The Balaban J connectivity index is 1.71. The molecule has 1 unspecified atom stereocenters. The van der Waals surface area contributed by atoms with E-state index in [-0.39, 0.29) is 12.7 Å². The number of ether oxygens (including phenoxy) is 3. The summed E-state index contributed by atoms with van der Waals surface area (Å²) in [4.78, 5) is 23.9. The Labute approximate surface area is 132 Å². The van der Waals surface area contributed by atoms with E-state index < -0.39 is 12.0 Å². The van der Waals surface area contributed by atoms with Gasteiger partial charge in [0.05, 0.1) is 12.7 Å². The number of thiophene rings is 1. The first kappa shape index (κ1) is 16.6. The lowest BCUT2D eigenvalue weighted by molar-refractivity contribution is -0.0227. The van der Waals surface area contributed by atoms with Crippen LogP contribution in [0, 0.1) is 0 Å². The number of carbonyl (C=O) groups is 2. The van der Waals surface area contributed by atoms with Crippen LogP contribution in [-0.2, 0) is 9.47 Å². The molecule has 0 bridgehead atoms. The van der Waals surface area contributed by atoms with Crippen molar-refractivity contribution in [3.8, 4) is 5.75 Å². The molecular weight excluding hydrogens is 308 g/mol. The summed E-state index contributed by atoms with van der Waals surface area (Å²) in [6.45, 7) is 3.19. The SMILES string of the molecule is CCOc1ccsc1C(=O)NNC(=O)OCC1CCCCO1. The monoisotopic (exact) mass is 328 g/mol. The molecule has 0 saturated carbocycles.